The first-order chi connectivity index (χ1) is 9.10. The third-order valence-electron chi connectivity index (χ3n) is 2.86. The van der Waals surface area contributed by atoms with Crippen molar-refractivity contribution in [3.8, 4) is 5.75 Å². The molecule has 0 fully saturated rings. The molecule has 2 rings (SSSR count). The van der Waals surface area contributed by atoms with E-state index in [2.05, 4.69) is 40.2 Å². The Kier molecular flexibility index (Phi) is 4.77. The van der Waals surface area contributed by atoms with Gasteiger partial charge < -0.3 is 10.5 Å². The average molecular weight is 338 g/mol. The Morgan fingerprint density at radius 1 is 1.21 bits per heavy atom. The summed E-state index contributed by atoms with van der Waals surface area (Å²) in [6.07, 6.45) is 0. The summed E-state index contributed by atoms with van der Waals surface area (Å²) in [5, 5.41) is 0. The van der Waals surface area contributed by atoms with Gasteiger partial charge in [-0.1, -0.05) is 6.07 Å². The molecular weight excluding hydrogens is 322 g/mol. The maximum atomic E-state index is 5.82. The highest BCUT2D eigenvalue weighted by atomic mass is 79.9. The number of nitrogens with two attached hydrogens (primary N) is 1. The Morgan fingerprint density at radius 3 is 2.63 bits per heavy atom. The molecule has 100 valence electrons. The minimum atomic E-state index is 0.844. The van der Waals surface area contributed by atoms with Gasteiger partial charge in [0.25, 0.3) is 0 Å². The van der Waals surface area contributed by atoms with Crippen molar-refractivity contribution >= 4 is 33.4 Å². The minimum absolute atomic E-state index is 0.844. The van der Waals surface area contributed by atoms with E-state index in [1.165, 1.54) is 10.5 Å². The number of aryl methyl sites for hydroxylation is 1. The molecule has 2 N–H and O–H groups in total. The van der Waals surface area contributed by atoms with Crippen LogP contribution < -0.4 is 10.5 Å². The molecule has 2 nitrogen and oxygen atoms in total. The van der Waals surface area contributed by atoms with E-state index in [4.69, 9.17) is 10.5 Å². The number of methoxy groups -OCH3 is 1. The van der Waals surface area contributed by atoms with Crippen molar-refractivity contribution in [2.24, 2.45) is 0 Å². The van der Waals surface area contributed by atoms with Gasteiger partial charge in [-0.2, -0.15) is 0 Å². The van der Waals surface area contributed by atoms with Crippen molar-refractivity contribution in [2.75, 3.05) is 12.8 Å². The molecule has 0 aliphatic carbocycles. The Morgan fingerprint density at radius 2 is 2.00 bits per heavy atom. The van der Waals surface area contributed by atoms with Gasteiger partial charge in [0.1, 0.15) is 5.75 Å². The van der Waals surface area contributed by atoms with E-state index in [1.807, 2.05) is 19.1 Å². The van der Waals surface area contributed by atoms with Crippen molar-refractivity contribution in [2.45, 2.75) is 17.6 Å². The van der Waals surface area contributed by atoms with Crippen molar-refractivity contribution < 1.29 is 4.74 Å². The highest BCUT2D eigenvalue weighted by Crippen LogP contribution is 2.30. The Balaban J connectivity index is 2.05. The first-order valence-corrected chi connectivity index (χ1v) is 7.69. The van der Waals surface area contributed by atoms with Crippen LogP contribution in [0.25, 0.3) is 0 Å². The molecule has 0 heterocycles. The van der Waals surface area contributed by atoms with E-state index in [9.17, 15) is 0 Å². The lowest BCUT2D eigenvalue weighted by Gasteiger charge is -2.07. The van der Waals surface area contributed by atoms with E-state index in [1.54, 1.807) is 18.9 Å². The molecule has 0 saturated heterocycles. The monoisotopic (exact) mass is 337 g/mol. The van der Waals surface area contributed by atoms with Gasteiger partial charge in [0, 0.05) is 16.3 Å². The number of anilines is 1. The third-order valence-corrected chi connectivity index (χ3v) is 4.55. The summed E-state index contributed by atoms with van der Waals surface area (Å²) >= 11 is 5.31. The largest absolute Gasteiger partial charge is 0.496 e. The number of ether oxygens (including phenoxy) is 1. The quantitative estimate of drug-likeness (QED) is 0.651. The highest BCUT2D eigenvalue weighted by molar-refractivity contribution is 9.10. The SMILES string of the molecule is COc1ccc(CSc2ccc(N)c(C)c2)cc1Br. The van der Waals surface area contributed by atoms with Crippen LogP contribution in [0.2, 0.25) is 0 Å². The molecule has 0 unspecified atom stereocenters. The van der Waals surface area contributed by atoms with E-state index in [0.717, 1.165) is 27.2 Å². The van der Waals surface area contributed by atoms with Gasteiger partial charge in [-0.05, 0) is 64.3 Å². The van der Waals surface area contributed by atoms with Crippen LogP contribution in [0.5, 0.6) is 5.75 Å². The molecular formula is C15H16BrNOS. The Labute approximate surface area is 126 Å². The first kappa shape index (κ1) is 14.3. The van der Waals surface area contributed by atoms with E-state index < -0.39 is 0 Å². The molecule has 0 spiro atoms. The van der Waals surface area contributed by atoms with Crippen LogP contribution in [0.3, 0.4) is 0 Å². The maximum Gasteiger partial charge on any atom is 0.133 e. The van der Waals surface area contributed by atoms with Crippen molar-refractivity contribution in [3.63, 3.8) is 0 Å². The van der Waals surface area contributed by atoms with Crippen LogP contribution in [0.1, 0.15) is 11.1 Å². The predicted molar refractivity (Wildman–Crippen MR) is 85.8 cm³/mol. The minimum Gasteiger partial charge on any atom is -0.496 e. The molecule has 4 heteroatoms. The zero-order valence-electron chi connectivity index (χ0n) is 10.9. The van der Waals surface area contributed by atoms with Crippen molar-refractivity contribution in [3.05, 3.63) is 52.0 Å². The fraction of sp³-hybridized carbons (Fsp3) is 0.200. The smallest absolute Gasteiger partial charge is 0.133 e. The van der Waals surface area contributed by atoms with Gasteiger partial charge in [0.2, 0.25) is 0 Å². The molecule has 2 aromatic rings. The lowest BCUT2D eigenvalue weighted by molar-refractivity contribution is 0.412. The fourth-order valence-corrected chi connectivity index (χ4v) is 3.23. The van der Waals surface area contributed by atoms with E-state index in [-0.39, 0.29) is 0 Å². The molecule has 19 heavy (non-hydrogen) atoms. The Hall–Kier alpha value is -1.13. The van der Waals surface area contributed by atoms with E-state index >= 15 is 0 Å². The van der Waals surface area contributed by atoms with Crippen LogP contribution in [0.4, 0.5) is 5.69 Å². The van der Waals surface area contributed by atoms with Crippen LogP contribution in [0.15, 0.2) is 45.8 Å². The molecule has 0 aliphatic rings. The first-order valence-electron chi connectivity index (χ1n) is 5.91. The summed E-state index contributed by atoms with van der Waals surface area (Å²) in [4.78, 5) is 1.23. The second-order valence-electron chi connectivity index (χ2n) is 4.28. The van der Waals surface area contributed by atoms with Crippen molar-refractivity contribution in [1.29, 1.82) is 0 Å². The van der Waals surface area contributed by atoms with Crippen LogP contribution in [0, 0.1) is 6.92 Å². The average Bonchev–Trinajstić information content (AvgIpc) is 2.40. The molecule has 0 radical (unpaired) electrons. The number of hydrogen-bond donors (Lipinski definition) is 1. The number of nitrogen functional groups attached to an aromatic ring is 1. The molecule has 0 atom stereocenters. The number of halogens is 1. The lowest BCUT2D eigenvalue weighted by Crippen LogP contribution is -1.89. The number of thioether (sulfide) groups is 1. The topological polar surface area (TPSA) is 35.2 Å². The van der Waals surface area contributed by atoms with Crippen LogP contribution >= 0.6 is 27.7 Å². The second-order valence-corrected chi connectivity index (χ2v) is 6.18. The summed E-state index contributed by atoms with van der Waals surface area (Å²) in [5.74, 6) is 1.78. The molecule has 0 amide bonds. The molecule has 0 aromatic heterocycles. The van der Waals surface area contributed by atoms with Gasteiger partial charge in [0.05, 0.1) is 11.6 Å². The van der Waals surface area contributed by atoms with Gasteiger partial charge in [-0.25, -0.2) is 0 Å². The summed E-state index contributed by atoms with van der Waals surface area (Å²) in [6.45, 7) is 2.03. The Bertz CT molecular complexity index is 586. The number of hydrogen-bond acceptors (Lipinski definition) is 3. The molecule has 2 aromatic carbocycles. The molecule has 0 saturated carbocycles. The van der Waals surface area contributed by atoms with Crippen LogP contribution in [-0.2, 0) is 5.75 Å². The van der Waals surface area contributed by atoms with Gasteiger partial charge >= 0.3 is 0 Å². The molecule has 0 aliphatic heterocycles. The van der Waals surface area contributed by atoms with Gasteiger partial charge in [0.15, 0.2) is 0 Å². The zero-order valence-corrected chi connectivity index (χ0v) is 13.3. The van der Waals surface area contributed by atoms with E-state index in [0.29, 0.717) is 0 Å². The summed E-state index contributed by atoms with van der Waals surface area (Å²) < 4.78 is 6.21. The second kappa shape index (κ2) is 6.35. The fourth-order valence-electron chi connectivity index (χ4n) is 1.70. The highest BCUT2D eigenvalue weighted by Gasteiger charge is 2.03. The van der Waals surface area contributed by atoms with Gasteiger partial charge in [-0.3, -0.25) is 0 Å². The maximum absolute atomic E-state index is 5.82. The number of benzene rings is 2. The predicted octanol–water partition coefficient (Wildman–Crippen LogP) is 4.64. The standard InChI is InChI=1S/C15H16BrNOS/c1-10-7-12(4-5-14(10)17)19-9-11-3-6-15(18-2)13(16)8-11/h3-8H,9,17H2,1-2H3. The summed E-state index contributed by atoms with van der Waals surface area (Å²) in [6, 6.07) is 12.3. The summed E-state index contributed by atoms with van der Waals surface area (Å²) in [5.41, 5.74) is 9.04. The number of rotatable bonds is 4. The summed E-state index contributed by atoms with van der Waals surface area (Å²) in [7, 11) is 1.67. The molecule has 0 bridgehead atoms. The van der Waals surface area contributed by atoms with Gasteiger partial charge in [-0.15, -0.1) is 11.8 Å². The van der Waals surface area contributed by atoms with Crippen molar-refractivity contribution in [1.82, 2.24) is 0 Å². The zero-order chi connectivity index (χ0) is 13.8. The normalized spacial score (nSPS) is 10.5. The van der Waals surface area contributed by atoms with Crippen LogP contribution in [-0.4, -0.2) is 7.11 Å². The third kappa shape index (κ3) is 3.67. The lowest BCUT2D eigenvalue weighted by atomic mass is 10.2.